The van der Waals surface area contributed by atoms with Crippen molar-refractivity contribution in [2.75, 3.05) is 18.1 Å². The predicted molar refractivity (Wildman–Crippen MR) is 103 cm³/mol. The quantitative estimate of drug-likeness (QED) is 0.699. The van der Waals surface area contributed by atoms with Gasteiger partial charge < -0.3 is 14.1 Å². The first-order chi connectivity index (χ1) is 13.4. The molecular weight excluding hydrogens is 356 g/mol. The molecule has 0 N–H and O–H groups in total. The van der Waals surface area contributed by atoms with E-state index in [0.29, 0.717) is 25.0 Å². The van der Waals surface area contributed by atoms with Crippen molar-refractivity contribution in [2.24, 2.45) is 0 Å². The minimum atomic E-state index is -0.558. The van der Waals surface area contributed by atoms with Crippen LogP contribution in [0.5, 0.6) is 0 Å². The summed E-state index contributed by atoms with van der Waals surface area (Å²) in [6, 6.07) is 9.72. The van der Waals surface area contributed by atoms with Gasteiger partial charge in [0.05, 0.1) is 24.7 Å². The number of nitrogens with zero attached hydrogens (tertiary/aromatic N) is 4. The molecule has 7 heteroatoms. The van der Waals surface area contributed by atoms with Crippen molar-refractivity contribution in [3.63, 3.8) is 0 Å². The third-order valence-electron chi connectivity index (χ3n) is 5.49. The average molecular weight is 376 g/mol. The van der Waals surface area contributed by atoms with Gasteiger partial charge in [0.2, 0.25) is 17.7 Å². The normalized spacial score (nSPS) is 18.2. The maximum absolute atomic E-state index is 13.0. The second kappa shape index (κ2) is 5.97. The number of benzene rings is 1. The minimum absolute atomic E-state index is 0.0846. The molecule has 1 saturated heterocycles. The average Bonchev–Trinajstić information content (AvgIpc) is 3.19. The Morgan fingerprint density at radius 1 is 1.07 bits per heavy atom. The lowest BCUT2D eigenvalue weighted by Crippen LogP contribution is -2.52. The van der Waals surface area contributed by atoms with Crippen LogP contribution in [-0.2, 0) is 14.9 Å². The molecule has 2 aliphatic rings. The number of pyridine rings is 1. The third-order valence-corrected chi connectivity index (χ3v) is 5.49. The number of ether oxygens (including phenoxy) is 1. The molecule has 0 saturated carbocycles. The molecule has 0 bridgehead atoms. The standard InChI is InChI=1S/C21H20N4O3/c1-12-8-14(6-7-22-12)19-24-23-18(28-19)13-4-5-16-17(9-13)25(15-10-27-11-15)20(26)21(16,2)3/h4-9,15H,10-11H2,1-3H3. The zero-order chi connectivity index (χ0) is 19.5. The number of amides is 1. The van der Waals surface area contributed by atoms with E-state index in [9.17, 15) is 4.79 Å². The fourth-order valence-corrected chi connectivity index (χ4v) is 3.79. The van der Waals surface area contributed by atoms with E-state index in [1.165, 1.54) is 0 Å². The maximum Gasteiger partial charge on any atom is 0.248 e. The monoisotopic (exact) mass is 376 g/mol. The first kappa shape index (κ1) is 17.1. The molecular formula is C21H20N4O3. The van der Waals surface area contributed by atoms with Gasteiger partial charge in [-0.05, 0) is 50.6 Å². The Kier molecular flexibility index (Phi) is 3.64. The molecule has 2 aliphatic heterocycles. The van der Waals surface area contributed by atoms with E-state index in [0.717, 1.165) is 28.1 Å². The van der Waals surface area contributed by atoms with Crippen LogP contribution in [0.15, 0.2) is 40.9 Å². The Morgan fingerprint density at radius 3 is 2.43 bits per heavy atom. The van der Waals surface area contributed by atoms with E-state index in [1.807, 2.05) is 56.0 Å². The second-order valence-electron chi connectivity index (χ2n) is 7.82. The molecule has 0 radical (unpaired) electrons. The number of anilines is 1. The lowest BCUT2D eigenvalue weighted by atomic mass is 9.86. The Balaban J connectivity index is 1.55. The topological polar surface area (TPSA) is 81.4 Å². The summed E-state index contributed by atoms with van der Waals surface area (Å²) in [5.41, 5.74) is 3.86. The lowest BCUT2D eigenvalue weighted by Gasteiger charge is -2.35. The van der Waals surface area contributed by atoms with Gasteiger partial charge in [0.25, 0.3) is 0 Å². The molecule has 5 rings (SSSR count). The first-order valence-electron chi connectivity index (χ1n) is 9.28. The summed E-state index contributed by atoms with van der Waals surface area (Å²) in [5, 5.41) is 8.39. The highest BCUT2D eigenvalue weighted by atomic mass is 16.5. The smallest absolute Gasteiger partial charge is 0.248 e. The highest BCUT2D eigenvalue weighted by Crippen LogP contribution is 2.45. The fraction of sp³-hybridized carbons (Fsp3) is 0.333. The molecule has 7 nitrogen and oxygen atoms in total. The molecule has 0 unspecified atom stereocenters. The number of hydrogen-bond donors (Lipinski definition) is 0. The molecule has 0 atom stereocenters. The molecule has 4 heterocycles. The molecule has 1 aromatic carbocycles. The number of carbonyl (C=O) groups is 1. The van der Waals surface area contributed by atoms with Crippen molar-refractivity contribution in [1.82, 2.24) is 15.2 Å². The van der Waals surface area contributed by atoms with Gasteiger partial charge in [-0.25, -0.2) is 0 Å². The van der Waals surface area contributed by atoms with Gasteiger partial charge in [-0.3, -0.25) is 9.78 Å². The Hall–Kier alpha value is -3.06. The van der Waals surface area contributed by atoms with Crippen molar-refractivity contribution in [3.8, 4) is 22.9 Å². The first-order valence-corrected chi connectivity index (χ1v) is 9.28. The molecule has 1 fully saturated rings. The van der Waals surface area contributed by atoms with E-state index in [-0.39, 0.29) is 11.9 Å². The summed E-state index contributed by atoms with van der Waals surface area (Å²) in [5.74, 6) is 0.974. The maximum atomic E-state index is 13.0. The summed E-state index contributed by atoms with van der Waals surface area (Å²) in [4.78, 5) is 19.1. The van der Waals surface area contributed by atoms with Gasteiger partial charge in [0.1, 0.15) is 0 Å². The van der Waals surface area contributed by atoms with E-state index >= 15 is 0 Å². The van der Waals surface area contributed by atoms with Crippen LogP contribution >= 0.6 is 0 Å². The van der Waals surface area contributed by atoms with E-state index in [2.05, 4.69) is 15.2 Å². The van der Waals surface area contributed by atoms with Gasteiger partial charge in [-0.15, -0.1) is 10.2 Å². The molecule has 28 heavy (non-hydrogen) atoms. The van der Waals surface area contributed by atoms with Crippen LogP contribution in [0, 0.1) is 6.92 Å². The number of fused-ring (bicyclic) bond motifs is 1. The molecule has 3 aromatic rings. The Morgan fingerprint density at radius 2 is 1.79 bits per heavy atom. The van der Waals surface area contributed by atoms with Crippen LogP contribution < -0.4 is 4.90 Å². The van der Waals surface area contributed by atoms with Crippen LogP contribution in [0.4, 0.5) is 5.69 Å². The van der Waals surface area contributed by atoms with Gasteiger partial charge in [-0.1, -0.05) is 6.07 Å². The second-order valence-corrected chi connectivity index (χ2v) is 7.82. The Bertz CT molecular complexity index is 1080. The third kappa shape index (κ3) is 2.46. The minimum Gasteiger partial charge on any atom is -0.416 e. The van der Waals surface area contributed by atoms with Crippen LogP contribution in [0.3, 0.4) is 0 Å². The van der Waals surface area contributed by atoms with Gasteiger partial charge >= 0.3 is 0 Å². The van der Waals surface area contributed by atoms with Crippen LogP contribution in [-0.4, -0.2) is 40.3 Å². The Labute approximate surface area is 162 Å². The summed E-state index contributed by atoms with van der Waals surface area (Å²) in [6.45, 7) is 6.97. The molecule has 0 aliphatic carbocycles. The number of aromatic nitrogens is 3. The van der Waals surface area contributed by atoms with Crippen LogP contribution in [0.2, 0.25) is 0 Å². The van der Waals surface area contributed by atoms with Crippen molar-refractivity contribution >= 4 is 11.6 Å². The van der Waals surface area contributed by atoms with Crippen molar-refractivity contribution in [3.05, 3.63) is 47.8 Å². The SMILES string of the molecule is Cc1cc(-c2nnc(-c3ccc4c(c3)N(C3COC3)C(=O)C4(C)C)o2)ccn1. The van der Waals surface area contributed by atoms with E-state index < -0.39 is 5.41 Å². The number of hydrogen-bond acceptors (Lipinski definition) is 6. The largest absolute Gasteiger partial charge is 0.416 e. The highest BCUT2D eigenvalue weighted by Gasteiger charge is 2.48. The molecule has 0 spiro atoms. The van der Waals surface area contributed by atoms with Crippen LogP contribution in [0.1, 0.15) is 25.1 Å². The summed E-state index contributed by atoms with van der Waals surface area (Å²) in [7, 11) is 0. The van der Waals surface area contributed by atoms with Crippen molar-refractivity contribution < 1.29 is 13.9 Å². The zero-order valence-corrected chi connectivity index (χ0v) is 16.0. The van der Waals surface area contributed by atoms with Crippen molar-refractivity contribution in [2.45, 2.75) is 32.2 Å². The lowest BCUT2D eigenvalue weighted by molar-refractivity contribution is -0.124. The number of carbonyl (C=O) groups excluding carboxylic acids is 1. The van der Waals surface area contributed by atoms with E-state index in [4.69, 9.17) is 9.15 Å². The van der Waals surface area contributed by atoms with E-state index in [1.54, 1.807) is 6.20 Å². The summed E-state index contributed by atoms with van der Waals surface area (Å²) in [6.07, 6.45) is 1.72. The zero-order valence-electron chi connectivity index (χ0n) is 16.0. The van der Waals surface area contributed by atoms with Gasteiger partial charge in [0.15, 0.2) is 0 Å². The number of aryl methyl sites for hydroxylation is 1. The highest BCUT2D eigenvalue weighted by molar-refractivity contribution is 6.08. The van der Waals surface area contributed by atoms with Crippen molar-refractivity contribution in [1.29, 1.82) is 0 Å². The predicted octanol–water partition coefficient (Wildman–Crippen LogP) is 3.13. The fourth-order valence-electron chi connectivity index (χ4n) is 3.79. The molecule has 1 amide bonds. The van der Waals surface area contributed by atoms with Crippen LogP contribution in [0.25, 0.3) is 22.9 Å². The number of rotatable bonds is 3. The molecule has 142 valence electrons. The molecule has 2 aromatic heterocycles. The van der Waals surface area contributed by atoms with Gasteiger partial charge in [-0.2, -0.15) is 0 Å². The summed E-state index contributed by atoms with van der Waals surface area (Å²) < 4.78 is 11.2. The summed E-state index contributed by atoms with van der Waals surface area (Å²) >= 11 is 0. The van der Waals surface area contributed by atoms with Gasteiger partial charge in [0, 0.05) is 28.7 Å².